The third-order valence-electron chi connectivity index (χ3n) is 6.06. The van der Waals surface area contributed by atoms with Crippen LogP contribution in [0.5, 0.6) is 11.5 Å². The summed E-state index contributed by atoms with van der Waals surface area (Å²) in [5.74, 6) is 2.04. The van der Waals surface area contributed by atoms with Crippen LogP contribution in [-0.4, -0.2) is 12.1 Å². The molecule has 1 saturated carbocycles. The quantitative estimate of drug-likeness (QED) is 0.339. The molecular weight excluding hydrogens is 389 g/mol. The zero-order valence-electron chi connectivity index (χ0n) is 17.7. The molecule has 0 spiro atoms. The molecule has 31 heavy (non-hydrogen) atoms. The lowest BCUT2D eigenvalue weighted by Crippen LogP contribution is -1.95. The molecule has 1 heterocycles. The summed E-state index contributed by atoms with van der Waals surface area (Å²) in [5, 5.41) is 0.546. The van der Waals surface area contributed by atoms with E-state index in [0.29, 0.717) is 23.4 Å². The fourth-order valence-corrected chi connectivity index (χ4v) is 4.07. The first-order valence-electron chi connectivity index (χ1n) is 10.9. The van der Waals surface area contributed by atoms with Crippen LogP contribution in [-0.2, 0) is 13.0 Å². The topological polar surface area (TPSA) is 34.2 Å². The van der Waals surface area contributed by atoms with Crippen LogP contribution >= 0.6 is 0 Å². The SMILES string of the molecule is COc1ccc(-c2[nH]c3ccc(OCc4ccccc4)cc3c2F)c(CCC2CC2)c1. The third-order valence-corrected chi connectivity index (χ3v) is 6.06. The van der Waals surface area contributed by atoms with Crippen LogP contribution < -0.4 is 9.47 Å². The van der Waals surface area contributed by atoms with E-state index in [1.165, 1.54) is 12.8 Å². The van der Waals surface area contributed by atoms with Gasteiger partial charge in [0.25, 0.3) is 0 Å². The summed E-state index contributed by atoms with van der Waals surface area (Å²) in [6, 6.07) is 21.4. The van der Waals surface area contributed by atoms with Crippen molar-refractivity contribution >= 4 is 10.9 Å². The highest BCUT2D eigenvalue weighted by Crippen LogP contribution is 2.38. The maximum atomic E-state index is 15.5. The van der Waals surface area contributed by atoms with Crippen molar-refractivity contribution in [2.75, 3.05) is 7.11 Å². The first-order valence-corrected chi connectivity index (χ1v) is 10.9. The first kappa shape index (κ1) is 19.7. The van der Waals surface area contributed by atoms with Gasteiger partial charge < -0.3 is 14.5 Å². The number of nitrogens with one attached hydrogen (secondary N) is 1. The van der Waals surface area contributed by atoms with E-state index in [4.69, 9.17) is 9.47 Å². The number of halogens is 1. The van der Waals surface area contributed by atoms with Crippen LogP contribution in [0.1, 0.15) is 30.4 Å². The average Bonchev–Trinajstić information content (AvgIpc) is 3.59. The normalized spacial score (nSPS) is 13.5. The fraction of sp³-hybridized carbons (Fsp3) is 0.259. The van der Waals surface area contributed by atoms with E-state index >= 15 is 4.39 Å². The summed E-state index contributed by atoms with van der Waals surface area (Å²) in [5.41, 5.74) is 4.41. The molecule has 1 aromatic heterocycles. The fourth-order valence-electron chi connectivity index (χ4n) is 4.07. The maximum absolute atomic E-state index is 15.5. The molecule has 1 aliphatic carbocycles. The number of benzene rings is 3. The summed E-state index contributed by atoms with van der Waals surface area (Å²) in [4.78, 5) is 3.29. The summed E-state index contributed by atoms with van der Waals surface area (Å²) >= 11 is 0. The van der Waals surface area contributed by atoms with Gasteiger partial charge in [-0.1, -0.05) is 43.2 Å². The Morgan fingerprint density at radius 1 is 0.968 bits per heavy atom. The number of H-pyrrole nitrogens is 1. The Morgan fingerprint density at radius 2 is 1.77 bits per heavy atom. The smallest absolute Gasteiger partial charge is 0.156 e. The second-order valence-corrected chi connectivity index (χ2v) is 8.30. The van der Waals surface area contributed by atoms with E-state index < -0.39 is 0 Å². The molecule has 3 nitrogen and oxygen atoms in total. The van der Waals surface area contributed by atoms with E-state index in [2.05, 4.69) is 4.98 Å². The molecule has 0 aliphatic heterocycles. The Kier molecular flexibility index (Phi) is 5.37. The van der Waals surface area contributed by atoms with Gasteiger partial charge in [-0.25, -0.2) is 4.39 Å². The van der Waals surface area contributed by atoms with Gasteiger partial charge in [0, 0.05) is 16.5 Å². The maximum Gasteiger partial charge on any atom is 0.156 e. The van der Waals surface area contributed by atoms with Crippen LogP contribution in [0.15, 0.2) is 66.7 Å². The summed E-state index contributed by atoms with van der Waals surface area (Å²) in [7, 11) is 1.67. The molecule has 4 heteroatoms. The zero-order valence-corrected chi connectivity index (χ0v) is 17.7. The molecular formula is C27H26FNO2. The zero-order chi connectivity index (χ0) is 21.2. The van der Waals surface area contributed by atoms with Crippen molar-refractivity contribution in [3.05, 3.63) is 83.7 Å². The number of aromatic amines is 1. The lowest BCUT2D eigenvalue weighted by molar-refractivity contribution is 0.306. The Bertz CT molecular complexity index is 1190. The van der Waals surface area contributed by atoms with E-state index in [-0.39, 0.29) is 5.82 Å². The van der Waals surface area contributed by atoms with Gasteiger partial charge in [0.05, 0.1) is 12.8 Å². The van der Waals surface area contributed by atoms with Crippen LogP contribution in [0.4, 0.5) is 4.39 Å². The van der Waals surface area contributed by atoms with Crippen molar-refractivity contribution < 1.29 is 13.9 Å². The third kappa shape index (κ3) is 4.29. The highest BCUT2D eigenvalue weighted by molar-refractivity contribution is 5.88. The summed E-state index contributed by atoms with van der Waals surface area (Å²) in [6.07, 6.45) is 4.69. The molecule has 4 aromatic rings. The molecule has 1 aliphatic rings. The monoisotopic (exact) mass is 415 g/mol. The summed E-state index contributed by atoms with van der Waals surface area (Å²) in [6.45, 7) is 0.453. The molecule has 0 unspecified atom stereocenters. The van der Waals surface area contributed by atoms with Gasteiger partial charge in [-0.2, -0.15) is 0 Å². The number of rotatable bonds is 8. The van der Waals surface area contributed by atoms with Crippen molar-refractivity contribution in [3.8, 4) is 22.8 Å². The Labute approximate surface area is 181 Å². The summed E-state index contributed by atoms with van der Waals surface area (Å²) < 4.78 is 26.8. The highest BCUT2D eigenvalue weighted by Gasteiger charge is 2.22. The predicted molar refractivity (Wildman–Crippen MR) is 122 cm³/mol. The van der Waals surface area contributed by atoms with Crippen molar-refractivity contribution in [1.82, 2.24) is 4.98 Å². The van der Waals surface area contributed by atoms with Gasteiger partial charge in [-0.15, -0.1) is 0 Å². The van der Waals surface area contributed by atoms with E-state index in [9.17, 15) is 0 Å². The Balaban J connectivity index is 1.45. The predicted octanol–water partition coefficient (Wildman–Crippen LogP) is 6.90. The van der Waals surface area contributed by atoms with Crippen LogP contribution in [0.25, 0.3) is 22.2 Å². The van der Waals surface area contributed by atoms with Crippen LogP contribution in [0.2, 0.25) is 0 Å². The molecule has 0 bridgehead atoms. The van der Waals surface area contributed by atoms with Gasteiger partial charge in [0.2, 0.25) is 0 Å². The first-order chi connectivity index (χ1) is 15.2. The number of ether oxygens (including phenoxy) is 2. The number of hydrogen-bond donors (Lipinski definition) is 1. The minimum Gasteiger partial charge on any atom is -0.497 e. The molecule has 0 radical (unpaired) electrons. The average molecular weight is 416 g/mol. The van der Waals surface area contributed by atoms with Gasteiger partial charge >= 0.3 is 0 Å². The van der Waals surface area contributed by atoms with Crippen molar-refractivity contribution in [2.24, 2.45) is 5.92 Å². The van der Waals surface area contributed by atoms with Gasteiger partial charge in [0.1, 0.15) is 18.1 Å². The molecule has 3 aromatic carbocycles. The largest absolute Gasteiger partial charge is 0.497 e. The number of hydrogen-bond acceptors (Lipinski definition) is 2. The number of fused-ring (bicyclic) bond motifs is 1. The van der Waals surface area contributed by atoms with Crippen LogP contribution in [0.3, 0.4) is 0 Å². The van der Waals surface area contributed by atoms with Crippen LogP contribution in [0, 0.1) is 11.7 Å². The molecule has 5 rings (SSSR count). The number of methoxy groups -OCH3 is 1. The molecule has 0 saturated heterocycles. The number of aromatic nitrogens is 1. The number of aryl methyl sites for hydroxylation is 1. The van der Waals surface area contributed by atoms with Gasteiger partial charge in [0.15, 0.2) is 5.82 Å². The van der Waals surface area contributed by atoms with Gasteiger partial charge in [-0.3, -0.25) is 0 Å². The standard InChI is InChI=1S/C27H26FNO2/c1-30-21-11-13-23(20(15-21)10-9-18-7-8-18)27-26(28)24-16-22(12-14-25(24)29-27)31-17-19-5-3-2-4-6-19/h2-6,11-16,18,29H,7-10,17H2,1H3. The van der Waals surface area contributed by atoms with Gasteiger partial charge in [-0.05, 0) is 66.3 Å². The highest BCUT2D eigenvalue weighted by atomic mass is 19.1. The molecule has 0 amide bonds. The molecule has 1 N–H and O–H groups in total. The Morgan fingerprint density at radius 3 is 2.55 bits per heavy atom. The van der Waals surface area contributed by atoms with Crippen molar-refractivity contribution in [1.29, 1.82) is 0 Å². The minimum atomic E-state index is -0.238. The minimum absolute atomic E-state index is 0.238. The van der Waals surface area contributed by atoms with E-state index in [1.54, 1.807) is 13.2 Å². The lowest BCUT2D eigenvalue weighted by Gasteiger charge is -2.11. The molecule has 1 fully saturated rings. The van der Waals surface area contributed by atoms with Crippen molar-refractivity contribution in [3.63, 3.8) is 0 Å². The van der Waals surface area contributed by atoms with E-state index in [0.717, 1.165) is 46.7 Å². The Hall–Kier alpha value is -3.27. The molecule has 158 valence electrons. The second-order valence-electron chi connectivity index (χ2n) is 8.30. The second kappa shape index (κ2) is 8.46. The lowest BCUT2D eigenvalue weighted by atomic mass is 9.98. The van der Waals surface area contributed by atoms with E-state index in [1.807, 2.05) is 60.7 Å². The molecule has 0 atom stereocenters. The van der Waals surface area contributed by atoms with Crippen molar-refractivity contribution in [2.45, 2.75) is 32.3 Å².